The Balaban J connectivity index is 1.38. The van der Waals surface area contributed by atoms with E-state index in [1.54, 1.807) is 10.7 Å². The maximum Gasteiger partial charge on any atom is 0.257 e. The van der Waals surface area contributed by atoms with Crippen LogP contribution in [0.4, 0.5) is 0 Å². The summed E-state index contributed by atoms with van der Waals surface area (Å²) < 4.78 is 7.16. The predicted molar refractivity (Wildman–Crippen MR) is 88.8 cm³/mol. The van der Waals surface area contributed by atoms with Crippen LogP contribution in [-0.4, -0.2) is 38.6 Å². The highest BCUT2D eigenvalue weighted by Crippen LogP contribution is 2.15. The largest absolute Gasteiger partial charge is 0.484 e. The first-order valence-electron chi connectivity index (χ1n) is 7.82. The second-order valence-electron chi connectivity index (χ2n) is 5.47. The summed E-state index contributed by atoms with van der Waals surface area (Å²) in [6.45, 7) is 2.57. The van der Waals surface area contributed by atoms with Gasteiger partial charge in [-0.1, -0.05) is 18.2 Å². The number of benzene rings is 1. The van der Waals surface area contributed by atoms with Crippen molar-refractivity contribution in [3.63, 3.8) is 0 Å². The molecule has 124 valence electrons. The van der Waals surface area contributed by atoms with Gasteiger partial charge in [-0.05, 0) is 37.0 Å². The molecule has 2 aromatic heterocycles. The molecule has 0 aliphatic heterocycles. The lowest BCUT2D eigenvalue weighted by Gasteiger charge is -2.09. The number of hydrogen-bond acceptors (Lipinski definition) is 5. The standard InChI is InChI=1S/C17H19N5O2/c1-13-5-2-3-7-15(13)24-11-16(23)18-8-4-6-14-9-19-17-20-12-21-22(17)10-14/h2-3,5,7,9-10,12H,4,6,8,11H2,1H3,(H,18,23). The molecule has 7 heteroatoms. The summed E-state index contributed by atoms with van der Waals surface area (Å²) in [6.07, 6.45) is 6.78. The number of nitrogens with one attached hydrogen (secondary N) is 1. The van der Waals surface area contributed by atoms with Gasteiger partial charge in [0, 0.05) is 18.9 Å². The lowest BCUT2D eigenvalue weighted by atomic mass is 10.2. The van der Waals surface area contributed by atoms with Crippen LogP contribution in [0.3, 0.4) is 0 Å². The third-order valence-corrected chi connectivity index (χ3v) is 3.60. The Morgan fingerprint density at radius 2 is 2.17 bits per heavy atom. The fourth-order valence-corrected chi connectivity index (χ4v) is 2.32. The number of rotatable bonds is 7. The number of aromatic nitrogens is 4. The quantitative estimate of drug-likeness (QED) is 0.667. The van der Waals surface area contributed by atoms with Crippen molar-refractivity contribution in [1.29, 1.82) is 0 Å². The second-order valence-corrected chi connectivity index (χ2v) is 5.47. The Labute approximate surface area is 139 Å². The zero-order valence-electron chi connectivity index (χ0n) is 13.5. The number of hydrogen-bond donors (Lipinski definition) is 1. The molecule has 0 fully saturated rings. The molecule has 3 rings (SSSR count). The van der Waals surface area contributed by atoms with Crippen molar-refractivity contribution in [2.24, 2.45) is 0 Å². The minimum atomic E-state index is -0.122. The van der Waals surface area contributed by atoms with Crippen LogP contribution in [0.2, 0.25) is 0 Å². The van der Waals surface area contributed by atoms with Crippen LogP contribution in [0.25, 0.3) is 5.78 Å². The molecular formula is C17H19N5O2. The van der Waals surface area contributed by atoms with Crippen LogP contribution in [-0.2, 0) is 11.2 Å². The van der Waals surface area contributed by atoms with Gasteiger partial charge >= 0.3 is 0 Å². The normalized spacial score (nSPS) is 10.7. The number of ether oxygens (including phenoxy) is 1. The van der Waals surface area contributed by atoms with E-state index in [1.165, 1.54) is 6.33 Å². The maximum absolute atomic E-state index is 11.8. The average molecular weight is 325 g/mol. The Hall–Kier alpha value is -2.96. The lowest BCUT2D eigenvalue weighted by molar-refractivity contribution is -0.123. The number of carbonyl (C=O) groups excluding carboxylic acids is 1. The van der Waals surface area contributed by atoms with Crippen molar-refractivity contribution < 1.29 is 9.53 Å². The van der Waals surface area contributed by atoms with Crippen LogP contribution < -0.4 is 10.1 Å². The fourth-order valence-electron chi connectivity index (χ4n) is 2.32. The Kier molecular flexibility index (Phi) is 5.00. The van der Waals surface area contributed by atoms with E-state index >= 15 is 0 Å². The predicted octanol–water partition coefficient (Wildman–Crippen LogP) is 1.56. The number of para-hydroxylation sites is 1. The molecule has 0 aliphatic carbocycles. The minimum absolute atomic E-state index is 0.0251. The molecule has 1 N–H and O–H groups in total. The molecule has 0 saturated heterocycles. The molecule has 2 heterocycles. The molecule has 0 atom stereocenters. The van der Waals surface area contributed by atoms with Gasteiger partial charge in [-0.25, -0.2) is 9.50 Å². The number of amides is 1. The van der Waals surface area contributed by atoms with Crippen molar-refractivity contribution >= 4 is 11.7 Å². The Morgan fingerprint density at radius 1 is 1.29 bits per heavy atom. The third kappa shape index (κ3) is 4.07. The fraction of sp³-hybridized carbons (Fsp3) is 0.294. The van der Waals surface area contributed by atoms with E-state index < -0.39 is 0 Å². The number of nitrogens with zero attached hydrogens (tertiary/aromatic N) is 4. The zero-order valence-corrected chi connectivity index (χ0v) is 13.5. The molecule has 0 radical (unpaired) electrons. The van der Waals surface area contributed by atoms with E-state index in [4.69, 9.17) is 4.74 Å². The first kappa shape index (κ1) is 15.9. The van der Waals surface area contributed by atoms with Crippen molar-refractivity contribution in [2.75, 3.05) is 13.2 Å². The molecule has 1 aromatic carbocycles. The van der Waals surface area contributed by atoms with Gasteiger partial charge in [-0.3, -0.25) is 4.79 Å². The van der Waals surface area contributed by atoms with Crippen molar-refractivity contribution in [3.8, 4) is 5.75 Å². The summed E-state index contributed by atoms with van der Waals surface area (Å²) in [5.41, 5.74) is 2.07. The summed E-state index contributed by atoms with van der Waals surface area (Å²) in [5.74, 6) is 1.20. The van der Waals surface area contributed by atoms with Gasteiger partial charge in [0.2, 0.25) is 0 Å². The zero-order chi connectivity index (χ0) is 16.8. The number of fused-ring (bicyclic) bond motifs is 1. The third-order valence-electron chi connectivity index (χ3n) is 3.60. The van der Waals surface area contributed by atoms with Crippen LogP contribution in [0.5, 0.6) is 5.75 Å². The van der Waals surface area contributed by atoms with E-state index in [2.05, 4.69) is 20.4 Å². The number of aryl methyl sites for hydroxylation is 2. The first-order valence-corrected chi connectivity index (χ1v) is 7.82. The van der Waals surface area contributed by atoms with Gasteiger partial charge in [0.1, 0.15) is 12.1 Å². The summed E-state index contributed by atoms with van der Waals surface area (Å²) in [5, 5.41) is 6.91. The summed E-state index contributed by atoms with van der Waals surface area (Å²) in [6, 6.07) is 7.64. The second kappa shape index (κ2) is 7.54. The highest BCUT2D eigenvalue weighted by Gasteiger charge is 2.04. The van der Waals surface area contributed by atoms with E-state index in [-0.39, 0.29) is 12.5 Å². The van der Waals surface area contributed by atoms with Crippen LogP contribution in [0, 0.1) is 6.92 Å². The van der Waals surface area contributed by atoms with Gasteiger partial charge < -0.3 is 10.1 Å². The van der Waals surface area contributed by atoms with Crippen LogP contribution in [0.1, 0.15) is 17.5 Å². The van der Waals surface area contributed by atoms with Gasteiger partial charge in [0.25, 0.3) is 11.7 Å². The van der Waals surface area contributed by atoms with Gasteiger partial charge in [-0.2, -0.15) is 10.1 Å². The monoisotopic (exact) mass is 325 g/mol. The van der Waals surface area contributed by atoms with E-state index in [1.807, 2.05) is 37.4 Å². The molecule has 3 aromatic rings. The lowest BCUT2D eigenvalue weighted by Crippen LogP contribution is -2.30. The minimum Gasteiger partial charge on any atom is -0.484 e. The molecular weight excluding hydrogens is 306 g/mol. The van der Waals surface area contributed by atoms with Crippen LogP contribution in [0.15, 0.2) is 43.0 Å². The van der Waals surface area contributed by atoms with Crippen molar-refractivity contribution in [1.82, 2.24) is 24.9 Å². The molecule has 0 saturated carbocycles. The van der Waals surface area contributed by atoms with Crippen molar-refractivity contribution in [2.45, 2.75) is 19.8 Å². The van der Waals surface area contributed by atoms with Gasteiger partial charge in [0.15, 0.2) is 6.61 Å². The van der Waals surface area contributed by atoms with E-state index in [0.29, 0.717) is 12.3 Å². The highest BCUT2D eigenvalue weighted by molar-refractivity contribution is 5.77. The van der Waals surface area contributed by atoms with E-state index in [0.717, 1.165) is 29.7 Å². The average Bonchev–Trinajstić information content (AvgIpc) is 3.06. The first-order chi connectivity index (χ1) is 11.7. The maximum atomic E-state index is 11.8. The molecule has 0 spiro atoms. The molecule has 1 amide bonds. The molecule has 0 aliphatic rings. The topological polar surface area (TPSA) is 81.4 Å². The smallest absolute Gasteiger partial charge is 0.257 e. The SMILES string of the molecule is Cc1ccccc1OCC(=O)NCCCc1cnc2ncnn2c1. The summed E-state index contributed by atoms with van der Waals surface area (Å²) in [7, 11) is 0. The number of carbonyl (C=O) groups is 1. The molecule has 24 heavy (non-hydrogen) atoms. The van der Waals surface area contributed by atoms with Gasteiger partial charge in [-0.15, -0.1) is 0 Å². The summed E-state index contributed by atoms with van der Waals surface area (Å²) in [4.78, 5) is 20.0. The Bertz CT molecular complexity index is 830. The Morgan fingerprint density at radius 3 is 3.04 bits per heavy atom. The summed E-state index contributed by atoms with van der Waals surface area (Å²) >= 11 is 0. The van der Waals surface area contributed by atoms with Crippen LogP contribution >= 0.6 is 0 Å². The molecule has 0 unspecified atom stereocenters. The highest BCUT2D eigenvalue weighted by atomic mass is 16.5. The molecule has 0 bridgehead atoms. The van der Waals surface area contributed by atoms with E-state index in [9.17, 15) is 4.79 Å². The molecule has 7 nitrogen and oxygen atoms in total. The van der Waals surface area contributed by atoms with Gasteiger partial charge in [0.05, 0.1) is 0 Å². The van der Waals surface area contributed by atoms with Crippen molar-refractivity contribution in [3.05, 3.63) is 54.1 Å².